The van der Waals surface area contributed by atoms with Crippen molar-refractivity contribution in [2.24, 2.45) is 0 Å². The Hall–Kier alpha value is -2.39. The van der Waals surface area contributed by atoms with E-state index in [0.717, 1.165) is 5.56 Å². The van der Waals surface area contributed by atoms with Crippen molar-refractivity contribution in [3.63, 3.8) is 0 Å². The molecular formula is C14H9BrN2O3. The maximum Gasteiger partial charge on any atom is 0.287 e. The molecular weight excluding hydrogens is 324 g/mol. The Balaban J connectivity index is 2.17. The fraction of sp³-hybridized carbons (Fsp3) is 0.0714. The van der Waals surface area contributed by atoms with Crippen LogP contribution in [-0.2, 0) is 6.61 Å². The quantitative estimate of drug-likeness (QED) is 0.630. The number of nitriles is 1. The van der Waals surface area contributed by atoms with Crippen molar-refractivity contribution in [2.75, 3.05) is 0 Å². The first-order valence-corrected chi connectivity index (χ1v) is 6.46. The number of hydrogen-bond donors (Lipinski definition) is 0. The number of nitro groups is 1. The van der Waals surface area contributed by atoms with E-state index in [1.165, 1.54) is 6.07 Å². The van der Waals surface area contributed by atoms with Crippen LogP contribution < -0.4 is 4.74 Å². The molecule has 6 heteroatoms. The Bertz CT molecular complexity index is 695. The Morgan fingerprint density at radius 2 is 2.05 bits per heavy atom. The minimum Gasteiger partial charge on any atom is -0.487 e. The molecule has 0 N–H and O–H groups in total. The summed E-state index contributed by atoms with van der Waals surface area (Å²) in [4.78, 5) is 10.3. The SMILES string of the molecule is N#Cc1cccc(COc2cccc([N+](=O)[O-])c2Br)c1. The van der Waals surface area contributed by atoms with Crippen LogP contribution in [0.2, 0.25) is 0 Å². The van der Waals surface area contributed by atoms with E-state index in [1.807, 2.05) is 12.1 Å². The van der Waals surface area contributed by atoms with Crippen molar-refractivity contribution in [1.82, 2.24) is 0 Å². The average molecular weight is 333 g/mol. The smallest absolute Gasteiger partial charge is 0.287 e. The second-order valence-electron chi connectivity index (χ2n) is 3.95. The van der Waals surface area contributed by atoms with Gasteiger partial charge in [0, 0.05) is 6.07 Å². The van der Waals surface area contributed by atoms with E-state index in [9.17, 15) is 10.1 Å². The van der Waals surface area contributed by atoms with Crippen LogP contribution in [0.25, 0.3) is 0 Å². The van der Waals surface area contributed by atoms with E-state index in [-0.39, 0.29) is 12.3 Å². The molecule has 0 fully saturated rings. The number of halogens is 1. The highest BCUT2D eigenvalue weighted by Crippen LogP contribution is 2.34. The van der Waals surface area contributed by atoms with E-state index < -0.39 is 4.92 Å². The van der Waals surface area contributed by atoms with E-state index in [0.29, 0.717) is 15.8 Å². The topological polar surface area (TPSA) is 76.2 Å². The van der Waals surface area contributed by atoms with Crippen LogP contribution in [0.4, 0.5) is 5.69 Å². The molecule has 5 nitrogen and oxygen atoms in total. The van der Waals surface area contributed by atoms with Crippen molar-refractivity contribution in [3.8, 4) is 11.8 Å². The van der Waals surface area contributed by atoms with Gasteiger partial charge in [-0.1, -0.05) is 18.2 Å². The molecule has 2 rings (SSSR count). The molecule has 0 aliphatic rings. The fourth-order valence-corrected chi connectivity index (χ4v) is 2.17. The highest BCUT2D eigenvalue weighted by molar-refractivity contribution is 9.10. The number of nitrogens with zero attached hydrogens (tertiary/aromatic N) is 2. The first kappa shape index (κ1) is 14.0. The van der Waals surface area contributed by atoms with Gasteiger partial charge < -0.3 is 4.74 Å². The Labute approximate surface area is 123 Å². The van der Waals surface area contributed by atoms with Crippen LogP contribution in [-0.4, -0.2) is 4.92 Å². The van der Waals surface area contributed by atoms with Gasteiger partial charge in [0.05, 0.1) is 16.6 Å². The zero-order valence-electron chi connectivity index (χ0n) is 10.2. The third kappa shape index (κ3) is 3.13. The van der Waals surface area contributed by atoms with Crippen molar-refractivity contribution in [1.29, 1.82) is 5.26 Å². The number of hydrogen-bond acceptors (Lipinski definition) is 4. The summed E-state index contributed by atoms with van der Waals surface area (Å²) in [6.07, 6.45) is 0. The van der Waals surface area contributed by atoms with Crippen LogP contribution in [0, 0.1) is 21.4 Å². The molecule has 2 aromatic rings. The Morgan fingerprint density at radius 1 is 1.30 bits per heavy atom. The summed E-state index contributed by atoms with van der Waals surface area (Å²) in [6, 6.07) is 13.7. The maximum absolute atomic E-state index is 10.8. The molecule has 0 amide bonds. The van der Waals surface area contributed by atoms with Gasteiger partial charge in [-0.3, -0.25) is 10.1 Å². The van der Waals surface area contributed by atoms with Gasteiger partial charge in [-0.05, 0) is 39.7 Å². The molecule has 0 bridgehead atoms. The number of nitro benzene ring substituents is 1. The summed E-state index contributed by atoms with van der Waals surface area (Å²) < 4.78 is 5.86. The van der Waals surface area contributed by atoms with Crippen LogP contribution in [0.1, 0.15) is 11.1 Å². The van der Waals surface area contributed by atoms with E-state index in [4.69, 9.17) is 10.00 Å². The summed E-state index contributed by atoms with van der Waals surface area (Å²) in [5.74, 6) is 0.390. The van der Waals surface area contributed by atoms with Gasteiger partial charge in [-0.15, -0.1) is 0 Å². The zero-order chi connectivity index (χ0) is 14.5. The van der Waals surface area contributed by atoms with Gasteiger partial charge in [0.1, 0.15) is 16.8 Å². The summed E-state index contributed by atoms with van der Waals surface area (Å²) >= 11 is 3.16. The van der Waals surface area contributed by atoms with Crippen molar-refractivity contribution < 1.29 is 9.66 Å². The van der Waals surface area contributed by atoms with Crippen LogP contribution in [0.5, 0.6) is 5.75 Å². The largest absolute Gasteiger partial charge is 0.487 e. The first-order chi connectivity index (χ1) is 9.61. The maximum atomic E-state index is 10.8. The third-order valence-electron chi connectivity index (χ3n) is 2.59. The van der Waals surface area contributed by atoms with Gasteiger partial charge in [-0.2, -0.15) is 5.26 Å². The fourth-order valence-electron chi connectivity index (χ4n) is 1.64. The van der Waals surface area contributed by atoms with Crippen LogP contribution in [0.3, 0.4) is 0 Å². The predicted molar refractivity (Wildman–Crippen MR) is 76.3 cm³/mol. The highest BCUT2D eigenvalue weighted by atomic mass is 79.9. The molecule has 0 heterocycles. The van der Waals surface area contributed by atoms with E-state index in [2.05, 4.69) is 15.9 Å². The number of benzene rings is 2. The second-order valence-corrected chi connectivity index (χ2v) is 4.74. The van der Waals surface area contributed by atoms with Gasteiger partial charge >= 0.3 is 0 Å². The van der Waals surface area contributed by atoms with Crippen LogP contribution >= 0.6 is 15.9 Å². The standard InChI is InChI=1S/C14H9BrN2O3/c15-14-12(17(18)19)5-2-6-13(14)20-9-11-4-1-3-10(7-11)8-16/h1-7H,9H2. The lowest BCUT2D eigenvalue weighted by Gasteiger charge is -2.08. The monoisotopic (exact) mass is 332 g/mol. The van der Waals surface area contributed by atoms with Crippen molar-refractivity contribution in [3.05, 3.63) is 68.2 Å². The summed E-state index contributed by atoms with van der Waals surface area (Å²) in [5.41, 5.74) is 1.32. The summed E-state index contributed by atoms with van der Waals surface area (Å²) in [5, 5.41) is 19.6. The minimum absolute atomic E-state index is 0.0479. The molecule has 0 spiro atoms. The summed E-state index contributed by atoms with van der Waals surface area (Å²) in [6.45, 7) is 0.231. The van der Waals surface area contributed by atoms with Gasteiger partial charge in [0.15, 0.2) is 0 Å². The lowest BCUT2D eigenvalue weighted by atomic mass is 10.1. The lowest BCUT2D eigenvalue weighted by molar-refractivity contribution is -0.385. The first-order valence-electron chi connectivity index (χ1n) is 5.66. The van der Waals surface area contributed by atoms with E-state index >= 15 is 0 Å². The number of ether oxygens (including phenoxy) is 1. The summed E-state index contributed by atoms with van der Waals surface area (Å²) in [7, 11) is 0. The molecule has 2 aromatic carbocycles. The average Bonchev–Trinajstić information content (AvgIpc) is 2.46. The highest BCUT2D eigenvalue weighted by Gasteiger charge is 2.15. The van der Waals surface area contributed by atoms with Crippen LogP contribution in [0.15, 0.2) is 46.9 Å². The molecule has 0 atom stereocenters. The predicted octanol–water partition coefficient (Wildman–Crippen LogP) is 3.81. The van der Waals surface area contributed by atoms with Gasteiger partial charge in [-0.25, -0.2) is 0 Å². The molecule has 0 saturated carbocycles. The molecule has 0 aliphatic carbocycles. The lowest BCUT2D eigenvalue weighted by Crippen LogP contribution is -1.98. The molecule has 20 heavy (non-hydrogen) atoms. The van der Waals surface area contributed by atoms with E-state index in [1.54, 1.807) is 30.3 Å². The molecule has 0 radical (unpaired) electrons. The second kappa shape index (κ2) is 6.17. The van der Waals surface area contributed by atoms with Gasteiger partial charge in [0.2, 0.25) is 0 Å². The minimum atomic E-state index is -0.479. The van der Waals surface area contributed by atoms with Crippen molar-refractivity contribution >= 4 is 21.6 Å². The van der Waals surface area contributed by atoms with Crippen molar-refractivity contribution in [2.45, 2.75) is 6.61 Å². The normalized spacial score (nSPS) is 9.80. The van der Waals surface area contributed by atoms with Gasteiger partial charge in [0.25, 0.3) is 5.69 Å². The molecule has 100 valence electrons. The third-order valence-corrected chi connectivity index (χ3v) is 3.39. The molecule has 0 aliphatic heterocycles. The Morgan fingerprint density at radius 3 is 2.75 bits per heavy atom. The molecule has 0 aromatic heterocycles. The molecule has 0 unspecified atom stereocenters. The number of rotatable bonds is 4. The molecule has 0 saturated heterocycles. The Kier molecular flexibility index (Phi) is 4.33. The zero-order valence-corrected chi connectivity index (χ0v) is 11.8.